The number of ether oxygens (including phenoxy) is 2. The van der Waals surface area contributed by atoms with Crippen LogP contribution in [0, 0.1) is 5.92 Å². The number of nitrogens with one attached hydrogen (secondary N) is 1. The first-order chi connectivity index (χ1) is 10.1. The van der Waals surface area contributed by atoms with Crippen molar-refractivity contribution in [1.29, 1.82) is 0 Å². The molecule has 114 valence electrons. The van der Waals surface area contributed by atoms with Gasteiger partial charge in [-0.15, -0.1) is 0 Å². The number of hydrogen-bond donors (Lipinski definition) is 2. The standard InChI is InChI=1S/C15H20N2O4/c1-10-4-5-17(7-12(10)18)8-15(19)16-11-2-3-13-14(6-11)21-9-20-13/h2-3,6,10,12,18H,4-5,7-9H2,1H3,(H,16,19). The van der Waals surface area contributed by atoms with Gasteiger partial charge in [-0.3, -0.25) is 9.69 Å². The maximum absolute atomic E-state index is 12.1. The van der Waals surface area contributed by atoms with Crippen molar-refractivity contribution < 1.29 is 19.4 Å². The Hall–Kier alpha value is -1.79. The number of fused-ring (bicyclic) bond motifs is 1. The van der Waals surface area contributed by atoms with Crippen LogP contribution in [0.2, 0.25) is 0 Å². The van der Waals surface area contributed by atoms with Crippen molar-refractivity contribution in [3.05, 3.63) is 18.2 Å². The third-order valence-electron chi connectivity index (χ3n) is 4.03. The minimum Gasteiger partial charge on any atom is -0.454 e. The monoisotopic (exact) mass is 292 g/mol. The Morgan fingerprint density at radius 2 is 2.24 bits per heavy atom. The molecule has 2 aliphatic heterocycles. The molecular formula is C15H20N2O4. The summed E-state index contributed by atoms with van der Waals surface area (Å²) in [4.78, 5) is 14.0. The van der Waals surface area contributed by atoms with Crippen molar-refractivity contribution >= 4 is 11.6 Å². The third-order valence-corrected chi connectivity index (χ3v) is 4.03. The van der Waals surface area contributed by atoms with Gasteiger partial charge in [0, 0.05) is 18.3 Å². The molecule has 2 unspecified atom stereocenters. The van der Waals surface area contributed by atoms with Crippen molar-refractivity contribution in [1.82, 2.24) is 4.90 Å². The number of hydrogen-bond acceptors (Lipinski definition) is 5. The smallest absolute Gasteiger partial charge is 0.238 e. The summed E-state index contributed by atoms with van der Waals surface area (Å²) >= 11 is 0. The van der Waals surface area contributed by atoms with Crippen molar-refractivity contribution in [2.45, 2.75) is 19.4 Å². The van der Waals surface area contributed by atoms with E-state index in [0.717, 1.165) is 13.0 Å². The van der Waals surface area contributed by atoms with Crippen LogP contribution >= 0.6 is 0 Å². The van der Waals surface area contributed by atoms with Gasteiger partial charge in [0.1, 0.15) is 0 Å². The molecule has 0 radical (unpaired) electrons. The Balaban J connectivity index is 1.54. The number of carbonyl (C=O) groups excluding carboxylic acids is 1. The van der Waals surface area contributed by atoms with E-state index in [9.17, 15) is 9.90 Å². The number of aliphatic hydroxyl groups excluding tert-OH is 1. The summed E-state index contributed by atoms with van der Waals surface area (Å²) in [5.74, 6) is 1.56. The molecule has 2 aliphatic rings. The van der Waals surface area contributed by atoms with Crippen LogP contribution in [-0.2, 0) is 4.79 Å². The van der Waals surface area contributed by atoms with E-state index >= 15 is 0 Å². The average Bonchev–Trinajstić information content (AvgIpc) is 2.90. The predicted molar refractivity (Wildman–Crippen MR) is 77.4 cm³/mol. The molecule has 2 atom stereocenters. The molecule has 21 heavy (non-hydrogen) atoms. The van der Waals surface area contributed by atoms with Crippen molar-refractivity contribution in [2.24, 2.45) is 5.92 Å². The molecule has 0 aromatic heterocycles. The lowest BCUT2D eigenvalue weighted by Gasteiger charge is -2.33. The topological polar surface area (TPSA) is 71.0 Å². The molecule has 2 heterocycles. The molecule has 1 saturated heterocycles. The first kappa shape index (κ1) is 14.2. The van der Waals surface area contributed by atoms with E-state index in [1.165, 1.54) is 0 Å². The van der Waals surface area contributed by atoms with Gasteiger partial charge in [-0.2, -0.15) is 0 Å². The zero-order chi connectivity index (χ0) is 14.8. The molecule has 6 nitrogen and oxygen atoms in total. The summed E-state index contributed by atoms with van der Waals surface area (Å²) in [6.07, 6.45) is 0.565. The van der Waals surface area contributed by atoms with Gasteiger partial charge in [0.15, 0.2) is 11.5 Å². The fourth-order valence-electron chi connectivity index (χ4n) is 2.64. The summed E-state index contributed by atoms with van der Waals surface area (Å²) in [6, 6.07) is 5.33. The molecule has 1 aromatic carbocycles. The highest BCUT2D eigenvalue weighted by molar-refractivity contribution is 5.92. The SMILES string of the molecule is CC1CCN(CC(=O)Nc2ccc3c(c2)OCO3)CC1O. The molecule has 0 spiro atoms. The van der Waals surface area contributed by atoms with E-state index in [4.69, 9.17) is 9.47 Å². The Labute approximate surface area is 123 Å². The summed E-state index contributed by atoms with van der Waals surface area (Å²) < 4.78 is 10.5. The predicted octanol–water partition coefficient (Wildman–Crippen LogP) is 1.06. The largest absolute Gasteiger partial charge is 0.454 e. The summed E-state index contributed by atoms with van der Waals surface area (Å²) in [6.45, 7) is 3.94. The van der Waals surface area contributed by atoms with Gasteiger partial charge in [0.25, 0.3) is 0 Å². The van der Waals surface area contributed by atoms with Gasteiger partial charge in [-0.05, 0) is 31.0 Å². The summed E-state index contributed by atoms with van der Waals surface area (Å²) in [5.41, 5.74) is 0.690. The van der Waals surface area contributed by atoms with Crippen LogP contribution in [0.15, 0.2) is 18.2 Å². The van der Waals surface area contributed by atoms with Gasteiger partial charge >= 0.3 is 0 Å². The fraction of sp³-hybridized carbons (Fsp3) is 0.533. The number of benzene rings is 1. The molecule has 1 fully saturated rings. The molecular weight excluding hydrogens is 272 g/mol. The highest BCUT2D eigenvalue weighted by Gasteiger charge is 2.25. The van der Waals surface area contributed by atoms with Crippen LogP contribution in [0.4, 0.5) is 5.69 Å². The Morgan fingerprint density at radius 1 is 1.43 bits per heavy atom. The van der Waals surface area contributed by atoms with E-state index in [-0.39, 0.29) is 25.3 Å². The number of β-amino-alcohol motifs (C(OH)–C–C–N with tert-alkyl or cyclic N) is 1. The van der Waals surface area contributed by atoms with E-state index in [1.54, 1.807) is 18.2 Å². The molecule has 1 amide bonds. The van der Waals surface area contributed by atoms with Crippen molar-refractivity contribution in [2.75, 3.05) is 31.7 Å². The lowest BCUT2D eigenvalue weighted by Crippen LogP contribution is -2.45. The number of anilines is 1. The van der Waals surface area contributed by atoms with Crippen LogP contribution < -0.4 is 14.8 Å². The minimum atomic E-state index is -0.350. The van der Waals surface area contributed by atoms with E-state index in [1.807, 2.05) is 11.8 Å². The zero-order valence-corrected chi connectivity index (χ0v) is 12.0. The first-order valence-corrected chi connectivity index (χ1v) is 7.22. The molecule has 0 aliphatic carbocycles. The Kier molecular flexibility index (Phi) is 3.98. The number of aliphatic hydroxyl groups is 1. The molecule has 0 saturated carbocycles. The second kappa shape index (κ2) is 5.91. The lowest BCUT2D eigenvalue weighted by atomic mass is 9.96. The van der Waals surface area contributed by atoms with Gasteiger partial charge in [-0.1, -0.05) is 6.92 Å². The highest BCUT2D eigenvalue weighted by Crippen LogP contribution is 2.34. The highest BCUT2D eigenvalue weighted by atomic mass is 16.7. The number of carbonyl (C=O) groups is 1. The van der Waals surface area contributed by atoms with Gasteiger partial charge in [0.05, 0.1) is 12.6 Å². The molecule has 2 N–H and O–H groups in total. The van der Waals surface area contributed by atoms with Gasteiger partial charge in [-0.25, -0.2) is 0 Å². The second-order valence-electron chi connectivity index (χ2n) is 5.68. The van der Waals surface area contributed by atoms with Crippen LogP contribution in [0.1, 0.15) is 13.3 Å². The quantitative estimate of drug-likeness (QED) is 0.871. The van der Waals surface area contributed by atoms with Crippen molar-refractivity contribution in [3.63, 3.8) is 0 Å². The van der Waals surface area contributed by atoms with Crippen LogP contribution in [0.3, 0.4) is 0 Å². The van der Waals surface area contributed by atoms with Crippen LogP contribution in [-0.4, -0.2) is 48.4 Å². The first-order valence-electron chi connectivity index (χ1n) is 7.22. The lowest BCUT2D eigenvalue weighted by molar-refractivity contribution is -0.118. The van der Waals surface area contributed by atoms with Gasteiger partial charge in [0.2, 0.25) is 12.7 Å². The van der Waals surface area contributed by atoms with E-state index in [0.29, 0.717) is 29.6 Å². The number of rotatable bonds is 3. The third kappa shape index (κ3) is 3.28. The number of likely N-dealkylation sites (tertiary alicyclic amines) is 1. The Morgan fingerprint density at radius 3 is 3.05 bits per heavy atom. The zero-order valence-electron chi connectivity index (χ0n) is 12.0. The molecule has 6 heteroatoms. The molecule has 3 rings (SSSR count). The van der Waals surface area contributed by atoms with Gasteiger partial charge < -0.3 is 19.9 Å². The Bertz CT molecular complexity index is 534. The normalized spacial score (nSPS) is 24.9. The number of nitrogens with zero attached hydrogens (tertiary/aromatic N) is 1. The van der Waals surface area contributed by atoms with Crippen LogP contribution in [0.25, 0.3) is 0 Å². The van der Waals surface area contributed by atoms with Crippen LogP contribution in [0.5, 0.6) is 11.5 Å². The second-order valence-corrected chi connectivity index (χ2v) is 5.68. The number of amides is 1. The minimum absolute atomic E-state index is 0.0874. The van der Waals surface area contributed by atoms with E-state index in [2.05, 4.69) is 5.32 Å². The van der Waals surface area contributed by atoms with E-state index < -0.39 is 0 Å². The summed E-state index contributed by atoms with van der Waals surface area (Å²) in [5, 5.41) is 12.7. The molecule has 1 aromatic rings. The maximum atomic E-state index is 12.1. The summed E-state index contributed by atoms with van der Waals surface area (Å²) in [7, 11) is 0. The number of piperidine rings is 1. The fourth-order valence-corrected chi connectivity index (χ4v) is 2.64. The molecule has 0 bridgehead atoms. The maximum Gasteiger partial charge on any atom is 0.238 e. The average molecular weight is 292 g/mol. The van der Waals surface area contributed by atoms with Crippen molar-refractivity contribution in [3.8, 4) is 11.5 Å².